The third-order valence-electron chi connectivity index (χ3n) is 3.82. The van der Waals surface area contributed by atoms with Gasteiger partial charge in [0.15, 0.2) is 6.30 Å². The first kappa shape index (κ1) is 14.1. The van der Waals surface area contributed by atoms with Crippen molar-refractivity contribution < 1.29 is 9.13 Å². The zero-order valence-electron chi connectivity index (χ0n) is 12.9. The lowest BCUT2D eigenvalue weighted by Crippen LogP contribution is -2.23. The third-order valence-corrected chi connectivity index (χ3v) is 3.82. The number of alkyl halides is 1. The molecule has 5 nitrogen and oxygen atoms in total. The van der Waals surface area contributed by atoms with Crippen molar-refractivity contribution >= 4 is 0 Å². The molecular weight excluding hydrogens is 271 g/mol. The fourth-order valence-corrected chi connectivity index (χ4v) is 2.68. The molecule has 2 aromatic heterocycles. The van der Waals surface area contributed by atoms with Gasteiger partial charge in [-0.1, -0.05) is 13.8 Å². The maximum Gasteiger partial charge on any atom is 0.216 e. The van der Waals surface area contributed by atoms with Gasteiger partial charge in [0.25, 0.3) is 0 Å². The number of fused-ring (bicyclic) bond motifs is 1. The van der Waals surface area contributed by atoms with Crippen molar-refractivity contribution in [2.24, 2.45) is 0 Å². The lowest BCUT2D eigenvalue weighted by Gasteiger charge is -2.23. The molecule has 0 saturated heterocycles. The minimum Gasteiger partial charge on any atom is -0.475 e. The molecule has 0 radical (unpaired) electrons. The molecule has 0 aliphatic carbocycles. The summed E-state index contributed by atoms with van der Waals surface area (Å²) in [6.45, 7) is 8.62. The van der Waals surface area contributed by atoms with Crippen LogP contribution in [0.5, 0.6) is 5.88 Å². The van der Waals surface area contributed by atoms with E-state index in [0.29, 0.717) is 0 Å². The van der Waals surface area contributed by atoms with Crippen molar-refractivity contribution in [3.63, 3.8) is 0 Å². The molecule has 1 aliphatic heterocycles. The fraction of sp³-hybridized carbons (Fsp3) is 0.600. The highest BCUT2D eigenvalue weighted by Crippen LogP contribution is 2.38. The summed E-state index contributed by atoms with van der Waals surface area (Å²) in [4.78, 5) is 0. The van der Waals surface area contributed by atoms with E-state index in [-0.39, 0.29) is 12.0 Å². The molecular formula is C15H21FN4O. The molecule has 0 bridgehead atoms. The minimum atomic E-state index is -1.14. The molecule has 0 saturated carbocycles. The third kappa shape index (κ3) is 2.43. The highest BCUT2D eigenvalue weighted by Gasteiger charge is 2.27. The second kappa shape index (κ2) is 5.16. The first-order valence-electron chi connectivity index (χ1n) is 7.43. The molecule has 1 aliphatic rings. The van der Waals surface area contributed by atoms with Crippen molar-refractivity contribution in [1.82, 2.24) is 19.6 Å². The summed E-state index contributed by atoms with van der Waals surface area (Å²) >= 11 is 0. The van der Waals surface area contributed by atoms with Crippen LogP contribution in [0.15, 0.2) is 12.4 Å². The molecule has 0 amide bonds. The van der Waals surface area contributed by atoms with Crippen molar-refractivity contribution in [3.8, 4) is 17.1 Å². The minimum absolute atomic E-state index is 0.202. The van der Waals surface area contributed by atoms with Crippen LogP contribution in [0.3, 0.4) is 0 Å². The van der Waals surface area contributed by atoms with E-state index in [1.165, 1.54) is 11.6 Å². The van der Waals surface area contributed by atoms with E-state index in [0.717, 1.165) is 35.7 Å². The van der Waals surface area contributed by atoms with E-state index >= 15 is 0 Å². The Kier molecular flexibility index (Phi) is 3.47. The van der Waals surface area contributed by atoms with Gasteiger partial charge in [-0.3, -0.25) is 0 Å². The second-order valence-electron chi connectivity index (χ2n) is 5.95. The molecule has 3 heterocycles. The predicted octanol–water partition coefficient (Wildman–Crippen LogP) is 3.53. The lowest BCUT2D eigenvalue weighted by molar-refractivity contribution is 0.147. The smallest absolute Gasteiger partial charge is 0.216 e. The average molecular weight is 292 g/mol. The van der Waals surface area contributed by atoms with Crippen molar-refractivity contribution in [3.05, 3.63) is 18.0 Å². The molecule has 3 rings (SSSR count). The van der Waals surface area contributed by atoms with Crippen LogP contribution in [-0.4, -0.2) is 25.7 Å². The Labute approximate surface area is 123 Å². The topological polar surface area (TPSA) is 44.9 Å². The van der Waals surface area contributed by atoms with Gasteiger partial charge >= 0.3 is 0 Å². The van der Waals surface area contributed by atoms with E-state index in [9.17, 15) is 4.39 Å². The number of aromatic nitrogens is 4. The normalized spacial score (nSPS) is 19.4. The van der Waals surface area contributed by atoms with Gasteiger partial charge in [0.1, 0.15) is 5.69 Å². The van der Waals surface area contributed by atoms with E-state index in [1.807, 2.05) is 4.68 Å². The predicted molar refractivity (Wildman–Crippen MR) is 78.1 cm³/mol. The van der Waals surface area contributed by atoms with Crippen LogP contribution in [0.25, 0.3) is 11.3 Å². The lowest BCUT2D eigenvalue weighted by atomic mass is 10.0. The molecule has 0 aromatic carbocycles. The maximum absolute atomic E-state index is 13.4. The molecule has 6 heteroatoms. The van der Waals surface area contributed by atoms with Gasteiger partial charge in [-0.25, -0.2) is 13.8 Å². The summed E-state index contributed by atoms with van der Waals surface area (Å²) in [7, 11) is 0. The summed E-state index contributed by atoms with van der Waals surface area (Å²) < 4.78 is 22.6. The van der Waals surface area contributed by atoms with Crippen molar-refractivity contribution in [1.29, 1.82) is 0 Å². The van der Waals surface area contributed by atoms with Gasteiger partial charge in [0.05, 0.1) is 12.3 Å². The first-order chi connectivity index (χ1) is 9.97. The largest absolute Gasteiger partial charge is 0.475 e. The molecule has 2 aromatic rings. The number of hydrogen-bond acceptors (Lipinski definition) is 3. The van der Waals surface area contributed by atoms with E-state index in [2.05, 4.69) is 31.0 Å². The summed E-state index contributed by atoms with van der Waals surface area (Å²) in [6, 6.07) is 0. The number of ether oxygens (including phenoxy) is 1. The molecule has 2 atom stereocenters. The van der Waals surface area contributed by atoms with Gasteiger partial charge in [0, 0.05) is 30.3 Å². The first-order valence-corrected chi connectivity index (χ1v) is 7.43. The van der Waals surface area contributed by atoms with Crippen LogP contribution >= 0.6 is 0 Å². The summed E-state index contributed by atoms with van der Waals surface area (Å²) in [5, 5.41) is 8.73. The SMILES string of the molecule is CC(C)c1c(-c2cnn(C(C)F)c2)nn2c1O[C@H](C)CC2. The Morgan fingerprint density at radius 1 is 1.38 bits per heavy atom. The van der Waals surface area contributed by atoms with Crippen LogP contribution in [0, 0.1) is 0 Å². The van der Waals surface area contributed by atoms with Gasteiger partial charge in [-0.2, -0.15) is 10.2 Å². The summed E-state index contributed by atoms with van der Waals surface area (Å²) in [6.07, 6.45) is 3.38. The number of hydrogen-bond donors (Lipinski definition) is 0. The zero-order chi connectivity index (χ0) is 15.1. The number of halogens is 1. The Balaban J connectivity index is 2.09. The maximum atomic E-state index is 13.4. The van der Waals surface area contributed by atoms with Gasteiger partial charge in [-0.15, -0.1) is 0 Å². The molecule has 1 unspecified atom stereocenters. The van der Waals surface area contributed by atoms with Crippen LogP contribution < -0.4 is 4.74 Å². The molecule has 0 N–H and O–H groups in total. The quantitative estimate of drug-likeness (QED) is 0.869. The van der Waals surface area contributed by atoms with Gasteiger partial charge in [0.2, 0.25) is 5.88 Å². The van der Waals surface area contributed by atoms with E-state index in [4.69, 9.17) is 4.74 Å². The molecule has 0 fully saturated rings. The molecule has 0 spiro atoms. The van der Waals surface area contributed by atoms with E-state index < -0.39 is 6.30 Å². The van der Waals surface area contributed by atoms with Crippen LogP contribution in [0.4, 0.5) is 4.39 Å². The second-order valence-corrected chi connectivity index (χ2v) is 5.95. The number of aryl methyl sites for hydroxylation is 1. The van der Waals surface area contributed by atoms with Crippen LogP contribution in [0.2, 0.25) is 0 Å². The van der Waals surface area contributed by atoms with Crippen LogP contribution in [0.1, 0.15) is 51.9 Å². The van der Waals surface area contributed by atoms with Crippen molar-refractivity contribution in [2.45, 2.75) is 59.0 Å². The summed E-state index contributed by atoms with van der Waals surface area (Å²) in [5.74, 6) is 1.12. The summed E-state index contributed by atoms with van der Waals surface area (Å²) in [5.41, 5.74) is 2.76. The highest BCUT2D eigenvalue weighted by molar-refractivity contribution is 5.65. The monoisotopic (exact) mass is 292 g/mol. The Bertz CT molecular complexity index is 644. The number of rotatable bonds is 3. The van der Waals surface area contributed by atoms with E-state index in [1.54, 1.807) is 12.4 Å². The highest BCUT2D eigenvalue weighted by atomic mass is 19.1. The Hall–Kier alpha value is -1.85. The Morgan fingerprint density at radius 3 is 2.76 bits per heavy atom. The van der Waals surface area contributed by atoms with Crippen LogP contribution in [-0.2, 0) is 6.54 Å². The molecule has 114 valence electrons. The zero-order valence-corrected chi connectivity index (χ0v) is 12.9. The van der Waals surface area contributed by atoms with Gasteiger partial charge in [-0.05, 0) is 19.8 Å². The standard InChI is InChI=1S/C15H21FN4O/c1-9(2)13-14(12-7-17-20(8-12)11(4)16)18-19-6-5-10(3)21-15(13)19/h7-11H,5-6H2,1-4H3/t10-,11?/m1/s1. The van der Waals surface area contributed by atoms with Gasteiger partial charge < -0.3 is 4.74 Å². The molecule has 21 heavy (non-hydrogen) atoms. The fourth-order valence-electron chi connectivity index (χ4n) is 2.68. The number of nitrogens with zero attached hydrogens (tertiary/aromatic N) is 4. The van der Waals surface area contributed by atoms with Crippen molar-refractivity contribution in [2.75, 3.05) is 0 Å². The Morgan fingerprint density at radius 2 is 2.14 bits per heavy atom. The average Bonchev–Trinajstić information content (AvgIpc) is 3.01.